The van der Waals surface area contributed by atoms with Gasteiger partial charge in [-0.2, -0.15) is 0 Å². The first-order valence-corrected chi connectivity index (χ1v) is 7.37. The van der Waals surface area contributed by atoms with E-state index in [1.54, 1.807) is 0 Å². The van der Waals surface area contributed by atoms with Crippen LogP contribution in [-0.4, -0.2) is 39.5 Å². The first-order valence-electron chi connectivity index (χ1n) is 6.39. The van der Waals surface area contributed by atoms with Crippen LogP contribution in [0.2, 0.25) is 0 Å². The third kappa shape index (κ3) is 3.36. The van der Waals surface area contributed by atoms with E-state index >= 15 is 0 Å². The number of carboxylic acids is 1. The van der Waals surface area contributed by atoms with Gasteiger partial charge in [0.2, 0.25) is 5.91 Å². The van der Waals surface area contributed by atoms with Crippen molar-refractivity contribution in [2.75, 3.05) is 17.2 Å². The highest BCUT2D eigenvalue weighted by Crippen LogP contribution is 2.36. The smallest absolute Gasteiger partial charge is 0.337 e. The predicted molar refractivity (Wildman–Crippen MR) is 78.7 cm³/mol. The topological polar surface area (TPSA) is 94.9 Å². The van der Waals surface area contributed by atoms with Crippen LogP contribution in [0, 0.1) is 5.92 Å². The number of thioether (sulfide) groups is 1. The summed E-state index contributed by atoms with van der Waals surface area (Å²) in [4.78, 5) is 35.6. The molecule has 0 saturated carbocycles. The van der Waals surface area contributed by atoms with Gasteiger partial charge in [-0.1, -0.05) is 17.8 Å². The Balaban J connectivity index is 2.25. The maximum atomic E-state index is 12.1. The average molecular weight is 309 g/mol. The quantitative estimate of drug-likeness (QED) is 0.879. The standard InChI is InChI=1S/C14H15NO5S/c1-8(16)21-7-9-5-12(18)15(6-9)13-10(14(19)20)3-2-4-11(13)17/h2-4,9,17H,5-7H2,1H3,(H,19,20). The van der Waals surface area contributed by atoms with E-state index in [0.717, 1.165) is 11.8 Å². The number of phenolic OH excluding ortho intramolecular Hbond substituents is 1. The summed E-state index contributed by atoms with van der Waals surface area (Å²) >= 11 is 1.15. The van der Waals surface area contributed by atoms with Gasteiger partial charge in [0, 0.05) is 25.6 Å². The van der Waals surface area contributed by atoms with Gasteiger partial charge in [0.15, 0.2) is 5.12 Å². The van der Waals surface area contributed by atoms with Crippen LogP contribution >= 0.6 is 11.8 Å². The molecule has 1 aromatic carbocycles. The molecule has 112 valence electrons. The molecule has 1 aliphatic heterocycles. The molecule has 0 aromatic heterocycles. The maximum absolute atomic E-state index is 12.1. The molecule has 0 radical (unpaired) electrons. The van der Waals surface area contributed by atoms with Gasteiger partial charge in [0.05, 0.1) is 5.56 Å². The van der Waals surface area contributed by atoms with Crippen LogP contribution in [0.15, 0.2) is 18.2 Å². The normalized spacial score (nSPS) is 18.0. The Morgan fingerprint density at radius 3 is 2.76 bits per heavy atom. The number of nitrogens with zero attached hydrogens (tertiary/aromatic N) is 1. The zero-order valence-corrected chi connectivity index (χ0v) is 12.2. The van der Waals surface area contributed by atoms with Gasteiger partial charge >= 0.3 is 5.97 Å². The summed E-state index contributed by atoms with van der Waals surface area (Å²) in [6.45, 7) is 1.77. The van der Waals surface area contributed by atoms with Crippen molar-refractivity contribution in [1.29, 1.82) is 0 Å². The Morgan fingerprint density at radius 2 is 2.14 bits per heavy atom. The number of carbonyl (C=O) groups is 3. The molecule has 6 nitrogen and oxygen atoms in total. The van der Waals surface area contributed by atoms with Crippen LogP contribution in [0.5, 0.6) is 5.75 Å². The largest absolute Gasteiger partial charge is 0.506 e. The summed E-state index contributed by atoms with van der Waals surface area (Å²) < 4.78 is 0. The summed E-state index contributed by atoms with van der Waals surface area (Å²) in [5, 5.41) is 19.1. The summed E-state index contributed by atoms with van der Waals surface area (Å²) in [6.07, 6.45) is 0.244. The minimum Gasteiger partial charge on any atom is -0.506 e. The van der Waals surface area contributed by atoms with E-state index in [1.165, 1.54) is 30.0 Å². The van der Waals surface area contributed by atoms with Gasteiger partial charge in [-0.05, 0) is 18.1 Å². The van der Waals surface area contributed by atoms with Crippen LogP contribution in [0.1, 0.15) is 23.7 Å². The molecule has 2 N–H and O–H groups in total. The number of rotatable bonds is 4. The average Bonchev–Trinajstić information content (AvgIpc) is 2.77. The molecule has 1 amide bonds. The Hall–Kier alpha value is -2.02. The third-order valence-electron chi connectivity index (χ3n) is 3.24. The Bertz CT molecular complexity index is 601. The molecular formula is C14H15NO5S. The number of carboxylic acid groups (broad SMARTS) is 1. The van der Waals surface area contributed by atoms with E-state index in [9.17, 15) is 24.6 Å². The molecule has 0 spiro atoms. The Kier molecular flexibility index (Phi) is 4.52. The van der Waals surface area contributed by atoms with Crippen molar-refractivity contribution in [3.05, 3.63) is 23.8 Å². The number of aromatic carboxylic acids is 1. The molecule has 21 heavy (non-hydrogen) atoms. The van der Waals surface area contributed by atoms with Crippen molar-refractivity contribution < 1.29 is 24.6 Å². The van der Waals surface area contributed by atoms with E-state index < -0.39 is 5.97 Å². The van der Waals surface area contributed by atoms with Crippen molar-refractivity contribution >= 4 is 34.4 Å². The molecule has 1 aliphatic rings. The van der Waals surface area contributed by atoms with Crippen molar-refractivity contribution in [2.45, 2.75) is 13.3 Å². The fourth-order valence-electron chi connectivity index (χ4n) is 2.33. The fourth-order valence-corrected chi connectivity index (χ4v) is 3.03. The number of hydrogen-bond acceptors (Lipinski definition) is 5. The van der Waals surface area contributed by atoms with E-state index in [2.05, 4.69) is 0 Å². The van der Waals surface area contributed by atoms with Gasteiger partial charge in [-0.15, -0.1) is 0 Å². The molecule has 1 aromatic rings. The van der Waals surface area contributed by atoms with Gasteiger partial charge < -0.3 is 15.1 Å². The van der Waals surface area contributed by atoms with Crippen molar-refractivity contribution in [3.8, 4) is 5.75 Å². The van der Waals surface area contributed by atoms with Crippen molar-refractivity contribution in [1.82, 2.24) is 0 Å². The number of amides is 1. The van der Waals surface area contributed by atoms with Gasteiger partial charge in [-0.25, -0.2) is 4.79 Å². The van der Waals surface area contributed by atoms with E-state index in [0.29, 0.717) is 12.3 Å². The second-order valence-electron chi connectivity index (χ2n) is 4.86. The Morgan fingerprint density at radius 1 is 1.43 bits per heavy atom. The van der Waals surface area contributed by atoms with Gasteiger partial charge in [0.1, 0.15) is 11.4 Å². The summed E-state index contributed by atoms with van der Waals surface area (Å²) in [7, 11) is 0. The highest BCUT2D eigenvalue weighted by atomic mass is 32.2. The first kappa shape index (κ1) is 15.4. The molecular weight excluding hydrogens is 294 g/mol. The molecule has 1 atom stereocenters. The first-order chi connectivity index (χ1) is 9.90. The molecule has 1 unspecified atom stereocenters. The van der Waals surface area contributed by atoms with Crippen LogP contribution < -0.4 is 4.90 Å². The fraction of sp³-hybridized carbons (Fsp3) is 0.357. The van der Waals surface area contributed by atoms with E-state index in [4.69, 9.17) is 0 Å². The van der Waals surface area contributed by atoms with Gasteiger partial charge in [0.25, 0.3) is 0 Å². The second-order valence-corrected chi connectivity index (χ2v) is 6.05. The Labute approximate surface area is 125 Å². The molecule has 1 saturated heterocycles. The van der Waals surface area contributed by atoms with Crippen LogP contribution in [-0.2, 0) is 9.59 Å². The zero-order valence-electron chi connectivity index (χ0n) is 11.4. The molecule has 0 aliphatic carbocycles. The van der Waals surface area contributed by atoms with E-state index in [-0.39, 0.29) is 40.4 Å². The molecule has 2 rings (SSSR count). The predicted octanol–water partition coefficient (Wildman–Crippen LogP) is 1.72. The van der Waals surface area contributed by atoms with Crippen molar-refractivity contribution in [2.24, 2.45) is 5.92 Å². The summed E-state index contributed by atoms with van der Waals surface area (Å²) in [6, 6.07) is 4.13. The lowest BCUT2D eigenvalue weighted by Gasteiger charge is -2.20. The molecule has 7 heteroatoms. The van der Waals surface area contributed by atoms with Crippen molar-refractivity contribution in [3.63, 3.8) is 0 Å². The third-order valence-corrected chi connectivity index (χ3v) is 4.29. The number of benzene rings is 1. The minimum atomic E-state index is -1.20. The van der Waals surface area contributed by atoms with Crippen LogP contribution in [0.4, 0.5) is 5.69 Å². The van der Waals surface area contributed by atoms with E-state index in [1.807, 2.05) is 0 Å². The maximum Gasteiger partial charge on any atom is 0.337 e. The van der Waals surface area contributed by atoms with Crippen LogP contribution in [0.25, 0.3) is 0 Å². The number of hydrogen-bond donors (Lipinski definition) is 2. The number of carbonyl (C=O) groups excluding carboxylic acids is 2. The highest BCUT2D eigenvalue weighted by Gasteiger charge is 2.34. The zero-order chi connectivity index (χ0) is 15.6. The summed E-state index contributed by atoms with van der Waals surface area (Å²) in [5.41, 5.74) is -0.0754. The highest BCUT2D eigenvalue weighted by molar-refractivity contribution is 8.13. The number of aromatic hydroxyl groups is 1. The lowest BCUT2D eigenvalue weighted by atomic mass is 10.1. The van der Waals surface area contributed by atoms with Crippen LogP contribution in [0.3, 0.4) is 0 Å². The molecule has 1 heterocycles. The lowest BCUT2D eigenvalue weighted by molar-refractivity contribution is -0.117. The second kappa shape index (κ2) is 6.17. The summed E-state index contributed by atoms with van der Waals surface area (Å²) in [5.74, 6) is -1.20. The minimum absolute atomic E-state index is 0.0188. The molecule has 1 fully saturated rings. The lowest BCUT2D eigenvalue weighted by Crippen LogP contribution is -2.27. The number of para-hydroxylation sites is 1. The number of anilines is 1. The monoisotopic (exact) mass is 309 g/mol. The number of phenols is 1. The van der Waals surface area contributed by atoms with Gasteiger partial charge in [-0.3, -0.25) is 9.59 Å². The molecule has 0 bridgehead atoms. The SMILES string of the molecule is CC(=O)SCC1CC(=O)N(c2c(O)cccc2C(=O)O)C1.